The first-order valence-corrected chi connectivity index (χ1v) is 15.5. The minimum atomic E-state index is -5.56. The second-order valence-electron chi connectivity index (χ2n) is 10.0. The summed E-state index contributed by atoms with van der Waals surface area (Å²) in [7, 11) is -5.56. The number of anilines is 1. The molecule has 1 heterocycles. The van der Waals surface area contributed by atoms with Crippen molar-refractivity contribution in [3.05, 3.63) is 130 Å². The molecule has 238 valence electrons. The first-order valence-electron chi connectivity index (χ1n) is 13.3. The second kappa shape index (κ2) is 12.9. The van der Waals surface area contributed by atoms with Crippen molar-refractivity contribution in [3.8, 4) is 22.4 Å². The third kappa shape index (κ3) is 7.75. The van der Waals surface area contributed by atoms with Crippen molar-refractivity contribution in [1.29, 1.82) is 0 Å². The van der Waals surface area contributed by atoms with Crippen LogP contribution in [0.3, 0.4) is 0 Å². The number of benzene rings is 4. The molecule has 5 rings (SSSR count). The largest absolute Gasteiger partial charge is 0.516 e. The van der Waals surface area contributed by atoms with E-state index in [1.165, 1.54) is 41.1 Å². The van der Waals surface area contributed by atoms with Crippen molar-refractivity contribution >= 4 is 51.1 Å². The molecule has 0 amide bonds. The van der Waals surface area contributed by atoms with Gasteiger partial charge in [0, 0.05) is 29.0 Å². The monoisotopic (exact) mass is 695 g/mol. The van der Waals surface area contributed by atoms with Gasteiger partial charge in [-0.25, -0.2) is 4.98 Å². The van der Waals surface area contributed by atoms with Gasteiger partial charge in [0.25, 0.3) is 0 Å². The Kier molecular flexibility index (Phi) is 9.26. The fourth-order valence-corrected chi connectivity index (χ4v) is 5.48. The normalized spacial score (nSPS) is 12.5. The van der Waals surface area contributed by atoms with Crippen LogP contribution in [0.5, 0.6) is 0 Å². The molecule has 14 heteroatoms. The third-order valence-corrected chi connectivity index (χ3v) is 8.42. The summed E-state index contributed by atoms with van der Waals surface area (Å²) < 4.78 is 103. The van der Waals surface area contributed by atoms with E-state index < -0.39 is 27.3 Å². The maximum atomic E-state index is 12.9. The maximum Gasteiger partial charge on any atom is 0.516 e. The van der Waals surface area contributed by atoms with Gasteiger partial charge in [-0.1, -0.05) is 77.8 Å². The Morgan fingerprint density at radius 3 is 1.96 bits per heavy atom. The van der Waals surface area contributed by atoms with Crippen molar-refractivity contribution < 1.29 is 34.8 Å². The molecule has 0 saturated heterocycles. The smallest absolute Gasteiger partial charge is 0.326 e. The molecule has 0 saturated carbocycles. The summed E-state index contributed by atoms with van der Waals surface area (Å²) in [5.74, 6) is 0.495. The second-order valence-corrected chi connectivity index (χ2v) is 12.5. The van der Waals surface area contributed by atoms with Gasteiger partial charge in [0.15, 0.2) is 0 Å². The Balaban J connectivity index is 1.40. The molecule has 5 aromatic rings. The molecule has 0 aliphatic heterocycles. The van der Waals surface area contributed by atoms with Crippen molar-refractivity contribution in [1.82, 2.24) is 9.55 Å². The summed E-state index contributed by atoms with van der Waals surface area (Å²) in [6, 6.07) is 22.4. The quantitative estimate of drug-likeness (QED) is 0.164. The molecule has 46 heavy (non-hydrogen) atoms. The van der Waals surface area contributed by atoms with Gasteiger partial charge in [-0.05, 0) is 70.8 Å². The van der Waals surface area contributed by atoms with Crippen LogP contribution >= 0.6 is 23.2 Å². The minimum Gasteiger partial charge on any atom is -0.326 e. The summed E-state index contributed by atoms with van der Waals surface area (Å²) in [6.45, 7) is 0.219. The van der Waals surface area contributed by atoms with Crippen LogP contribution in [-0.2, 0) is 22.7 Å². The van der Waals surface area contributed by atoms with Gasteiger partial charge in [0.1, 0.15) is 5.82 Å². The van der Waals surface area contributed by atoms with E-state index in [0.29, 0.717) is 38.3 Å². The number of aromatic nitrogens is 2. The van der Waals surface area contributed by atoms with Crippen molar-refractivity contribution in [2.75, 3.05) is 4.72 Å². The molecule has 0 spiro atoms. The zero-order valence-electron chi connectivity index (χ0n) is 23.2. The molecule has 1 N–H and O–H groups in total. The van der Waals surface area contributed by atoms with E-state index in [9.17, 15) is 34.8 Å². The lowest BCUT2D eigenvalue weighted by atomic mass is 10.0. The van der Waals surface area contributed by atoms with E-state index in [1.807, 2.05) is 0 Å². The van der Waals surface area contributed by atoms with Crippen LogP contribution in [0.15, 0.2) is 97.2 Å². The number of nitrogens with zero attached hydrogens (tertiary/aromatic N) is 2. The Labute approximate surface area is 269 Å². The number of nitrogens with one attached hydrogen (secondary N) is 1. The van der Waals surface area contributed by atoms with E-state index in [1.54, 1.807) is 65.4 Å². The average molecular weight is 697 g/mol. The van der Waals surface area contributed by atoms with Gasteiger partial charge in [-0.3, -0.25) is 4.72 Å². The summed E-state index contributed by atoms with van der Waals surface area (Å²) in [6.07, 6.45) is 0.852. The van der Waals surface area contributed by atoms with Gasteiger partial charge in [0.05, 0.1) is 16.3 Å². The van der Waals surface area contributed by atoms with Crippen LogP contribution in [0.25, 0.3) is 34.5 Å². The molecule has 0 aliphatic rings. The molecule has 5 nitrogen and oxygen atoms in total. The molecule has 0 aliphatic carbocycles. The Morgan fingerprint density at radius 2 is 1.39 bits per heavy atom. The minimum absolute atomic E-state index is 0.219. The van der Waals surface area contributed by atoms with E-state index in [-0.39, 0.29) is 12.2 Å². The van der Waals surface area contributed by atoms with Crippen LogP contribution < -0.4 is 4.72 Å². The van der Waals surface area contributed by atoms with Crippen molar-refractivity contribution in [2.45, 2.75) is 18.2 Å². The summed E-state index contributed by atoms with van der Waals surface area (Å²) in [5.41, 5.74) is -2.53. The lowest BCUT2D eigenvalue weighted by Gasteiger charge is -2.11. The highest BCUT2D eigenvalue weighted by Crippen LogP contribution is 2.32. The number of rotatable bonds is 8. The molecule has 0 radical (unpaired) electrons. The number of imidazole rings is 1. The predicted molar refractivity (Wildman–Crippen MR) is 168 cm³/mol. The van der Waals surface area contributed by atoms with Gasteiger partial charge in [-0.2, -0.15) is 34.8 Å². The molecule has 0 atom stereocenters. The highest BCUT2D eigenvalue weighted by molar-refractivity contribution is 7.93. The number of hydrogen-bond acceptors (Lipinski definition) is 3. The number of alkyl halides is 6. The lowest BCUT2D eigenvalue weighted by molar-refractivity contribution is -0.137. The van der Waals surface area contributed by atoms with E-state index >= 15 is 0 Å². The molecule has 0 unspecified atom stereocenters. The topological polar surface area (TPSA) is 64.0 Å². The van der Waals surface area contributed by atoms with Crippen molar-refractivity contribution in [3.63, 3.8) is 0 Å². The number of hydrogen-bond donors (Lipinski definition) is 1. The van der Waals surface area contributed by atoms with E-state index in [2.05, 4.69) is 0 Å². The van der Waals surface area contributed by atoms with Crippen LogP contribution in [0.4, 0.5) is 32.0 Å². The van der Waals surface area contributed by atoms with Gasteiger partial charge >= 0.3 is 21.7 Å². The number of sulfonamides is 1. The summed E-state index contributed by atoms with van der Waals surface area (Å²) in [5, 5.41) is 0.808. The lowest BCUT2D eigenvalue weighted by Crippen LogP contribution is -2.29. The van der Waals surface area contributed by atoms with Gasteiger partial charge < -0.3 is 4.57 Å². The number of halogens is 8. The molecule has 4 aromatic carbocycles. The third-order valence-electron chi connectivity index (χ3n) is 6.76. The Morgan fingerprint density at radius 1 is 0.783 bits per heavy atom. The fraction of sp³-hybridized carbons (Fsp3) is 0.0938. The Bertz CT molecular complexity index is 1990. The average Bonchev–Trinajstić information content (AvgIpc) is 3.38. The van der Waals surface area contributed by atoms with E-state index in [0.717, 1.165) is 23.3 Å². The molecule has 0 bridgehead atoms. The zero-order chi connectivity index (χ0) is 33.3. The van der Waals surface area contributed by atoms with Gasteiger partial charge in [-0.15, -0.1) is 0 Å². The Hall–Kier alpha value is -4.26. The van der Waals surface area contributed by atoms with Crippen LogP contribution in [-0.4, -0.2) is 23.5 Å². The van der Waals surface area contributed by atoms with Crippen LogP contribution in [0.1, 0.15) is 22.5 Å². The highest BCUT2D eigenvalue weighted by Gasteiger charge is 2.46. The first-order chi connectivity index (χ1) is 21.6. The standard InChI is InChI=1S/C32H21Cl2F6N3O2S/c33-25-12-15-27(28(34)17-25)29-19-43(18-21-3-13-26(14-4-21)42-46(44,45)32(38,39)40)30(41-29)16-5-20-1-6-22(7-2-20)23-8-10-24(11-9-23)31(35,36)37/h1-17,19,42H,18H2/b16-5+. The fourth-order valence-electron chi connectivity index (χ4n) is 4.41. The maximum absolute atomic E-state index is 12.9. The van der Waals surface area contributed by atoms with Crippen LogP contribution in [0, 0.1) is 0 Å². The zero-order valence-corrected chi connectivity index (χ0v) is 25.6. The van der Waals surface area contributed by atoms with Crippen LogP contribution in [0.2, 0.25) is 10.0 Å². The highest BCUT2D eigenvalue weighted by atomic mass is 35.5. The molecule has 0 fully saturated rings. The van der Waals surface area contributed by atoms with Gasteiger partial charge in [0.2, 0.25) is 0 Å². The molecular weight excluding hydrogens is 675 g/mol. The van der Waals surface area contributed by atoms with E-state index in [4.69, 9.17) is 28.2 Å². The SMILES string of the molecule is O=S(=O)(Nc1ccc(Cn2cc(-c3ccc(Cl)cc3Cl)nc2/C=C/c2ccc(-c3ccc(C(F)(F)F)cc3)cc2)cc1)C(F)(F)F. The van der Waals surface area contributed by atoms with Crippen molar-refractivity contribution in [2.24, 2.45) is 0 Å². The molecule has 1 aromatic heterocycles. The summed E-state index contributed by atoms with van der Waals surface area (Å²) in [4.78, 5) is 4.71. The predicted octanol–water partition coefficient (Wildman–Crippen LogP) is 10.0. The first kappa shape index (κ1) is 33.1. The summed E-state index contributed by atoms with van der Waals surface area (Å²) >= 11 is 12.5. The molecular formula is C32H21Cl2F6N3O2S.